The highest BCUT2D eigenvalue weighted by Crippen LogP contribution is 2.28. The number of anilines is 2. The van der Waals surface area contributed by atoms with Crippen LogP contribution in [0.5, 0.6) is 0 Å². The molecule has 0 spiro atoms. The molecule has 0 aliphatic carbocycles. The molecule has 4 rings (SSSR count). The molecule has 9 heteroatoms. The number of carbonyl (C=O) groups excluding carboxylic acids is 2. The Kier molecular flexibility index (Phi) is 6.16. The summed E-state index contributed by atoms with van der Waals surface area (Å²) in [5.74, 6) is -1.38. The van der Waals surface area contributed by atoms with E-state index in [4.69, 9.17) is 4.74 Å². The molecule has 0 unspecified atom stereocenters. The summed E-state index contributed by atoms with van der Waals surface area (Å²) in [4.78, 5) is 24.9. The normalized spacial score (nSPS) is 15.1. The maximum Gasteiger partial charge on any atom is 0.340 e. The van der Waals surface area contributed by atoms with Crippen molar-refractivity contribution in [1.82, 2.24) is 15.5 Å². The predicted molar refractivity (Wildman–Crippen MR) is 117 cm³/mol. The van der Waals surface area contributed by atoms with Crippen molar-refractivity contribution < 1.29 is 18.7 Å². The van der Waals surface area contributed by atoms with Gasteiger partial charge in [0.15, 0.2) is 11.5 Å². The molecule has 3 N–H and O–H groups in total. The third-order valence-electron chi connectivity index (χ3n) is 5.07. The number of nitrogens with zero attached hydrogens (tertiary/aromatic N) is 2. The van der Waals surface area contributed by atoms with Gasteiger partial charge in [0.1, 0.15) is 5.82 Å². The lowest BCUT2D eigenvalue weighted by atomic mass is 10.1. The van der Waals surface area contributed by atoms with Gasteiger partial charge >= 0.3 is 5.97 Å². The second-order valence-corrected chi connectivity index (χ2v) is 7.88. The lowest BCUT2D eigenvalue weighted by Crippen LogP contribution is -2.19. The number of nitrogens with one attached hydrogen (secondary N) is 3. The number of esters is 1. The highest BCUT2D eigenvalue weighted by atomic mass is 19.1. The number of carbonyl (C=O) groups is 2. The molecule has 1 saturated heterocycles. The van der Waals surface area contributed by atoms with Crippen molar-refractivity contribution in [1.29, 1.82) is 0 Å². The number of benzene rings is 1. The number of hydrogen-bond donors (Lipinski definition) is 3. The Labute approximate surface area is 185 Å². The van der Waals surface area contributed by atoms with E-state index in [1.54, 1.807) is 19.9 Å². The van der Waals surface area contributed by atoms with Crippen LogP contribution in [0.1, 0.15) is 60.4 Å². The molecule has 3 heterocycles. The van der Waals surface area contributed by atoms with Crippen LogP contribution in [0.3, 0.4) is 0 Å². The molecule has 1 amide bonds. The molecular weight excluding hydrogens is 413 g/mol. The SMILES string of the molecule is CC(C)OC(=O)c1cc(F)ccc1NC(=O)c1ccc(NC2=C3CCC(=CCC2)N3)nn1. The van der Waals surface area contributed by atoms with Crippen molar-refractivity contribution in [2.24, 2.45) is 0 Å². The number of hydrogen-bond acceptors (Lipinski definition) is 7. The van der Waals surface area contributed by atoms with E-state index >= 15 is 0 Å². The van der Waals surface area contributed by atoms with Crippen LogP contribution in [0, 0.1) is 5.82 Å². The maximum absolute atomic E-state index is 13.7. The zero-order valence-electron chi connectivity index (χ0n) is 17.9. The smallest absolute Gasteiger partial charge is 0.340 e. The van der Waals surface area contributed by atoms with E-state index in [1.807, 2.05) is 0 Å². The Morgan fingerprint density at radius 2 is 1.97 bits per heavy atom. The lowest BCUT2D eigenvalue weighted by molar-refractivity contribution is 0.0378. The first-order chi connectivity index (χ1) is 15.4. The van der Waals surface area contributed by atoms with Gasteiger partial charge in [-0.15, -0.1) is 10.2 Å². The average Bonchev–Trinajstić information content (AvgIpc) is 3.13. The summed E-state index contributed by atoms with van der Waals surface area (Å²) in [6, 6.07) is 6.69. The van der Waals surface area contributed by atoms with Gasteiger partial charge in [-0.05, 0) is 69.9 Å². The molecule has 2 aliphatic rings. The molecule has 1 aromatic carbocycles. The van der Waals surface area contributed by atoms with Crippen molar-refractivity contribution in [3.8, 4) is 0 Å². The van der Waals surface area contributed by atoms with Crippen LogP contribution in [0.4, 0.5) is 15.9 Å². The predicted octanol–water partition coefficient (Wildman–Crippen LogP) is 4.12. The average molecular weight is 437 g/mol. The fourth-order valence-corrected chi connectivity index (χ4v) is 3.57. The Bertz CT molecular complexity index is 1110. The van der Waals surface area contributed by atoms with Crippen LogP contribution in [0.15, 0.2) is 53.5 Å². The number of aromatic nitrogens is 2. The Morgan fingerprint density at radius 1 is 1.12 bits per heavy atom. The maximum atomic E-state index is 13.7. The number of rotatable bonds is 6. The minimum absolute atomic E-state index is 0.0597. The number of fused-ring (bicyclic) bond motifs is 2. The van der Waals surface area contributed by atoms with E-state index in [2.05, 4.69) is 32.2 Å². The van der Waals surface area contributed by atoms with Gasteiger partial charge in [-0.1, -0.05) is 6.08 Å². The summed E-state index contributed by atoms with van der Waals surface area (Å²) >= 11 is 0. The van der Waals surface area contributed by atoms with E-state index in [-0.39, 0.29) is 23.0 Å². The topological polar surface area (TPSA) is 105 Å². The highest BCUT2D eigenvalue weighted by Gasteiger charge is 2.20. The van der Waals surface area contributed by atoms with Crippen LogP contribution < -0.4 is 16.0 Å². The molecule has 1 aromatic heterocycles. The first-order valence-electron chi connectivity index (χ1n) is 10.5. The van der Waals surface area contributed by atoms with Crippen molar-refractivity contribution in [2.75, 3.05) is 10.6 Å². The molecule has 0 radical (unpaired) electrons. The standard InChI is InChI=1S/C23H24FN5O3/c1-13(2)32-23(31)16-12-14(24)6-8-17(16)27-22(30)20-10-11-21(29-28-20)26-18-5-3-4-15-7-9-19(18)25-15/h4,6,8,10-13,25H,3,5,7,9H2,1-2H3,(H,26,29)(H,27,30). The molecule has 32 heavy (non-hydrogen) atoms. The van der Waals surface area contributed by atoms with E-state index in [0.29, 0.717) is 5.82 Å². The number of halogens is 1. The summed E-state index contributed by atoms with van der Waals surface area (Å²) in [6.45, 7) is 3.37. The summed E-state index contributed by atoms with van der Waals surface area (Å²) in [7, 11) is 0. The summed E-state index contributed by atoms with van der Waals surface area (Å²) in [6.07, 6.45) is 5.62. The zero-order chi connectivity index (χ0) is 22.7. The van der Waals surface area contributed by atoms with E-state index < -0.39 is 17.7 Å². The fraction of sp³-hybridized carbons (Fsp3) is 0.304. The molecule has 1 fully saturated rings. The third kappa shape index (κ3) is 4.93. The second kappa shape index (κ2) is 9.17. The van der Waals surface area contributed by atoms with E-state index in [9.17, 15) is 14.0 Å². The minimum Gasteiger partial charge on any atom is -0.459 e. The van der Waals surface area contributed by atoms with Crippen molar-refractivity contribution in [2.45, 2.75) is 45.6 Å². The van der Waals surface area contributed by atoms with Gasteiger partial charge in [0, 0.05) is 17.1 Å². The van der Waals surface area contributed by atoms with E-state index in [1.165, 1.54) is 17.8 Å². The molecular formula is C23H24FN5O3. The summed E-state index contributed by atoms with van der Waals surface area (Å²) < 4.78 is 18.8. The van der Waals surface area contributed by atoms with Gasteiger partial charge < -0.3 is 20.7 Å². The van der Waals surface area contributed by atoms with Crippen LogP contribution in [0.2, 0.25) is 0 Å². The van der Waals surface area contributed by atoms with Gasteiger partial charge in [-0.25, -0.2) is 9.18 Å². The largest absolute Gasteiger partial charge is 0.459 e. The van der Waals surface area contributed by atoms with Gasteiger partial charge in [0.05, 0.1) is 17.4 Å². The summed E-state index contributed by atoms with van der Waals surface area (Å²) in [5, 5.41) is 17.4. The molecule has 0 saturated carbocycles. The Balaban J connectivity index is 1.46. The Hall–Kier alpha value is -3.75. The first kappa shape index (κ1) is 21.5. The number of allylic oxidation sites excluding steroid dienone is 4. The van der Waals surface area contributed by atoms with Crippen LogP contribution >= 0.6 is 0 Å². The van der Waals surface area contributed by atoms with Crippen LogP contribution in [-0.4, -0.2) is 28.2 Å². The second-order valence-electron chi connectivity index (χ2n) is 7.88. The monoisotopic (exact) mass is 437 g/mol. The molecule has 2 aromatic rings. The zero-order valence-corrected chi connectivity index (χ0v) is 17.9. The van der Waals surface area contributed by atoms with E-state index in [0.717, 1.165) is 49.2 Å². The Morgan fingerprint density at radius 3 is 2.72 bits per heavy atom. The minimum atomic E-state index is -0.725. The fourth-order valence-electron chi connectivity index (χ4n) is 3.57. The summed E-state index contributed by atoms with van der Waals surface area (Å²) in [5.41, 5.74) is 3.61. The molecule has 166 valence electrons. The number of amides is 1. The lowest BCUT2D eigenvalue weighted by Gasteiger charge is -2.13. The first-order valence-corrected chi connectivity index (χ1v) is 10.5. The number of ether oxygens (including phenoxy) is 1. The van der Waals surface area contributed by atoms with Crippen LogP contribution in [0.25, 0.3) is 0 Å². The van der Waals surface area contributed by atoms with Gasteiger partial charge in [-0.3, -0.25) is 4.79 Å². The van der Waals surface area contributed by atoms with Gasteiger partial charge in [0.25, 0.3) is 5.91 Å². The molecule has 0 atom stereocenters. The third-order valence-corrected chi connectivity index (χ3v) is 5.07. The van der Waals surface area contributed by atoms with Crippen molar-refractivity contribution in [3.63, 3.8) is 0 Å². The highest BCUT2D eigenvalue weighted by molar-refractivity contribution is 6.07. The molecule has 2 aliphatic heterocycles. The molecule has 8 nitrogen and oxygen atoms in total. The van der Waals surface area contributed by atoms with Crippen LogP contribution in [-0.2, 0) is 4.74 Å². The van der Waals surface area contributed by atoms with Crippen molar-refractivity contribution >= 4 is 23.4 Å². The van der Waals surface area contributed by atoms with Gasteiger partial charge in [-0.2, -0.15) is 0 Å². The van der Waals surface area contributed by atoms with Gasteiger partial charge in [0.2, 0.25) is 0 Å². The molecule has 2 bridgehead atoms. The quantitative estimate of drug-likeness (QED) is 0.584. The van der Waals surface area contributed by atoms with Crippen molar-refractivity contribution in [3.05, 3.63) is 70.6 Å².